The molecule has 8 nitrogen and oxygen atoms in total. The fraction of sp³-hybridized carbons (Fsp3) is 0.125. The largest absolute Gasteiger partial charge is 0.465 e. The molecule has 0 aliphatic carbocycles. The van der Waals surface area contributed by atoms with E-state index in [1.54, 1.807) is 0 Å². The number of ether oxygens (including phenoxy) is 2. The van der Waals surface area contributed by atoms with Gasteiger partial charge in [0.1, 0.15) is 10.6 Å². The summed E-state index contributed by atoms with van der Waals surface area (Å²) in [6.07, 6.45) is 5.56. The summed E-state index contributed by atoms with van der Waals surface area (Å²) in [6.45, 7) is 0. The maximum Gasteiger partial charge on any atom is 0.355 e. The van der Waals surface area contributed by atoms with E-state index >= 15 is 0 Å². The van der Waals surface area contributed by atoms with Gasteiger partial charge < -0.3 is 14.4 Å². The lowest BCUT2D eigenvalue weighted by Gasteiger charge is -2.24. The van der Waals surface area contributed by atoms with E-state index < -0.39 is 27.0 Å². The zero-order valence-corrected chi connectivity index (χ0v) is 15.2. The van der Waals surface area contributed by atoms with Crippen LogP contribution in [0, 0.1) is 0 Å². The van der Waals surface area contributed by atoms with Crippen molar-refractivity contribution in [3.63, 3.8) is 0 Å². The van der Waals surface area contributed by atoms with Crippen molar-refractivity contribution in [3.8, 4) is 0 Å². The highest BCUT2D eigenvalue weighted by Crippen LogP contribution is 2.33. The van der Waals surface area contributed by atoms with Gasteiger partial charge in [0.25, 0.3) is 10.1 Å². The Morgan fingerprint density at radius 1 is 1.12 bits per heavy atom. The van der Waals surface area contributed by atoms with Gasteiger partial charge in [0.2, 0.25) is 0 Å². The third-order valence-corrected chi connectivity index (χ3v) is 4.47. The molecule has 0 fully saturated rings. The predicted molar refractivity (Wildman–Crippen MR) is 93.1 cm³/mol. The van der Waals surface area contributed by atoms with Crippen LogP contribution in [-0.4, -0.2) is 39.1 Å². The summed E-state index contributed by atoms with van der Waals surface area (Å²) >= 11 is 5.82. The molecule has 0 unspecified atom stereocenters. The van der Waals surface area contributed by atoms with Crippen LogP contribution in [0.4, 0.5) is 5.69 Å². The summed E-state index contributed by atoms with van der Waals surface area (Å²) in [4.78, 5) is 24.9. The van der Waals surface area contributed by atoms with Crippen molar-refractivity contribution in [1.82, 2.24) is 0 Å². The molecule has 0 saturated carbocycles. The van der Waals surface area contributed by atoms with Crippen molar-refractivity contribution in [2.75, 3.05) is 19.1 Å². The molecule has 0 amide bonds. The van der Waals surface area contributed by atoms with Crippen LogP contribution in [0.3, 0.4) is 0 Å². The van der Waals surface area contributed by atoms with Crippen molar-refractivity contribution < 1.29 is 32.0 Å². The molecule has 26 heavy (non-hydrogen) atoms. The Morgan fingerprint density at radius 3 is 2.35 bits per heavy atom. The molecule has 10 heteroatoms. The summed E-state index contributed by atoms with van der Waals surface area (Å²) in [7, 11) is -2.45. The van der Waals surface area contributed by atoms with Crippen LogP contribution < -0.4 is 4.90 Å². The number of carbonyl (C=O) groups is 2. The Kier molecular flexibility index (Phi) is 5.86. The van der Waals surface area contributed by atoms with Crippen molar-refractivity contribution in [1.29, 1.82) is 0 Å². The Labute approximate surface area is 154 Å². The highest BCUT2D eigenvalue weighted by atomic mass is 35.5. The van der Waals surface area contributed by atoms with Crippen LogP contribution in [0.15, 0.2) is 58.8 Å². The van der Waals surface area contributed by atoms with E-state index in [0.29, 0.717) is 0 Å². The second kappa shape index (κ2) is 7.73. The summed E-state index contributed by atoms with van der Waals surface area (Å²) in [5, 5.41) is 0.0510. The first-order valence-corrected chi connectivity index (χ1v) is 8.84. The van der Waals surface area contributed by atoms with Gasteiger partial charge in [-0.2, -0.15) is 8.42 Å². The molecule has 0 radical (unpaired) electrons. The van der Waals surface area contributed by atoms with Gasteiger partial charge in [-0.3, -0.25) is 4.55 Å². The molecule has 1 aliphatic heterocycles. The first kappa shape index (κ1) is 19.7. The van der Waals surface area contributed by atoms with E-state index in [1.165, 1.54) is 36.6 Å². The zero-order valence-electron chi connectivity index (χ0n) is 13.7. The first-order valence-electron chi connectivity index (χ1n) is 7.02. The molecule has 1 aromatic rings. The number of allylic oxidation sites excluding steroid dienone is 2. The van der Waals surface area contributed by atoms with E-state index in [2.05, 4.69) is 4.74 Å². The quantitative estimate of drug-likeness (QED) is 0.605. The average Bonchev–Trinajstić information content (AvgIpc) is 2.82. The fourth-order valence-electron chi connectivity index (χ4n) is 2.24. The monoisotopic (exact) mass is 399 g/mol. The number of esters is 2. The number of hydrogen-bond acceptors (Lipinski definition) is 7. The Balaban J connectivity index is 2.83. The van der Waals surface area contributed by atoms with Gasteiger partial charge in [0.05, 0.1) is 25.5 Å². The van der Waals surface area contributed by atoms with E-state index in [1.807, 2.05) is 0 Å². The van der Waals surface area contributed by atoms with Crippen molar-refractivity contribution >= 4 is 39.3 Å². The minimum atomic E-state index is -4.69. The van der Waals surface area contributed by atoms with Crippen molar-refractivity contribution in [2.24, 2.45) is 0 Å². The van der Waals surface area contributed by atoms with Crippen LogP contribution >= 0.6 is 11.6 Å². The second-order valence-electron chi connectivity index (χ2n) is 4.90. The van der Waals surface area contributed by atoms with E-state index in [0.717, 1.165) is 25.2 Å². The van der Waals surface area contributed by atoms with Crippen LogP contribution in [0.2, 0.25) is 5.02 Å². The average molecular weight is 400 g/mol. The SMILES string of the molecule is COC(=O)C1=C(C(=O)OC)N(c2ccc(Cl)cc2S(=O)(=O)O)C=CC=C1. The summed E-state index contributed by atoms with van der Waals surface area (Å²) < 4.78 is 42.4. The summed E-state index contributed by atoms with van der Waals surface area (Å²) in [5.74, 6) is -1.75. The molecule has 0 aromatic heterocycles. The van der Waals surface area contributed by atoms with E-state index in [-0.39, 0.29) is 22.0 Å². The lowest BCUT2D eigenvalue weighted by molar-refractivity contribution is -0.139. The van der Waals surface area contributed by atoms with Crippen LogP contribution in [0.1, 0.15) is 0 Å². The smallest absolute Gasteiger partial charge is 0.355 e. The molecule has 1 heterocycles. The minimum absolute atomic E-state index is 0.0510. The van der Waals surface area contributed by atoms with Gasteiger partial charge in [-0.15, -0.1) is 0 Å². The van der Waals surface area contributed by atoms with Gasteiger partial charge in [-0.05, 0) is 30.4 Å². The number of carbonyl (C=O) groups excluding carboxylic acids is 2. The molecular weight excluding hydrogens is 386 g/mol. The van der Waals surface area contributed by atoms with Crippen molar-refractivity contribution in [2.45, 2.75) is 4.90 Å². The third-order valence-electron chi connectivity index (χ3n) is 3.35. The molecule has 0 spiro atoms. The van der Waals surface area contributed by atoms with E-state index in [4.69, 9.17) is 16.3 Å². The maximum atomic E-state index is 12.3. The van der Waals surface area contributed by atoms with Gasteiger partial charge >= 0.3 is 11.9 Å². The molecule has 1 aromatic carbocycles. The molecular formula is C16H14ClNO7S. The zero-order chi connectivity index (χ0) is 19.5. The number of rotatable bonds is 4. The molecule has 2 rings (SSSR count). The van der Waals surface area contributed by atoms with Gasteiger partial charge in [-0.25, -0.2) is 9.59 Å². The normalized spacial score (nSPS) is 14.2. The number of benzene rings is 1. The Bertz CT molecular complexity index is 947. The van der Waals surface area contributed by atoms with Gasteiger partial charge in [0, 0.05) is 11.2 Å². The van der Waals surface area contributed by atoms with Crippen LogP contribution in [0.5, 0.6) is 0 Å². The highest BCUT2D eigenvalue weighted by molar-refractivity contribution is 7.86. The number of anilines is 1. The third kappa shape index (κ3) is 3.96. The minimum Gasteiger partial charge on any atom is -0.465 e. The molecule has 0 atom stereocenters. The molecule has 138 valence electrons. The standard InChI is InChI=1S/C16H14ClNO7S/c1-24-15(19)11-5-3-4-8-18(14(11)16(20)25-2)12-7-6-10(17)9-13(12)26(21,22)23/h3-9H,1-2H3,(H,21,22,23). The molecule has 0 bridgehead atoms. The lowest BCUT2D eigenvalue weighted by Crippen LogP contribution is -2.28. The van der Waals surface area contributed by atoms with Gasteiger partial charge in [-0.1, -0.05) is 17.7 Å². The molecule has 0 saturated heterocycles. The molecule has 1 N–H and O–H groups in total. The van der Waals surface area contributed by atoms with Crippen molar-refractivity contribution in [3.05, 3.63) is 58.9 Å². The fourth-order valence-corrected chi connectivity index (χ4v) is 3.19. The number of hydrogen-bond donors (Lipinski definition) is 1. The summed E-state index contributed by atoms with van der Waals surface area (Å²) in [6, 6.07) is 3.66. The second-order valence-corrected chi connectivity index (χ2v) is 6.73. The van der Waals surface area contributed by atoms with Crippen LogP contribution in [-0.2, 0) is 29.2 Å². The summed E-state index contributed by atoms with van der Waals surface area (Å²) in [5.41, 5.74) is -0.573. The number of nitrogens with zero attached hydrogens (tertiary/aromatic N) is 1. The Morgan fingerprint density at radius 2 is 1.77 bits per heavy atom. The number of halogens is 1. The van der Waals surface area contributed by atoms with Gasteiger partial charge in [0.15, 0.2) is 0 Å². The number of methoxy groups -OCH3 is 2. The predicted octanol–water partition coefficient (Wildman–Crippen LogP) is 2.08. The highest BCUT2D eigenvalue weighted by Gasteiger charge is 2.30. The topological polar surface area (TPSA) is 110 Å². The first-order chi connectivity index (χ1) is 12.2. The van der Waals surface area contributed by atoms with E-state index in [9.17, 15) is 22.6 Å². The molecule has 1 aliphatic rings. The maximum absolute atomic E-state index is 12.3. The van der Waals surface area contributed by atoms with Crippen LogP contribution in [0.25, 0.3) is 0 Å². The Hall–Kier alpha value is -2.62. The lowest BCUT2D eigenvalue weighted by atomic mass is 10.1.